The van der Waals surface area contributed by atoms with Gasteiger partial charge in [-0.3, -0.25) is 0 Å². The lowest BCUT2D eigenvalue weighted by Crippen LogP contribution is -2.39. The molecular formula is C31H39N5O3S2. The standard InChI is InChI=1S/C31H39N5O3S2/c1-5-21(4)29(30(40-20(2)3)27-14-16-33-31(35-27)34-22-9-8-15-32-17-22)39-28-13-12-26(24-10-6-7-11-25(24)28)36-41(37)23-18-38-19-23/h6-7,10-14,16,21-23,32,36H,2,5,8-9,15,17-19H2,1,3-4H3,(H,33,34,35)/b30-29+. The van der Waals surface area contributed by atoms with Gasteiger partial charge in [-0.1, -0.05) is 56.5 Å². The highest BCUT2D eigenvalue weighted by molar-refractivity contribution is 8.11. The molecule has 0 spiro atoms. The van der Waals surface area contributed by atoms with Gasteiger partial charge in [-0.25, -0.2) is 14.2 Å². The zero-order chi connectivity index (χ0) is 28.8. The van der Waals surface area contributed by atoms with Crippen molar-refractivity contribution in [2.45, 2.75) is 51.3 Å². The van der Waals surface area contributed by atoms with Crippen molar-refractivity contribution in [3.05, 3.63) is 71.6 Å². The van der Waals surface area contributed by atoms with Gasteiger partial charge in [0, 0.05) is 35.5 Å². The van der Waals surface area contributed by atoms with Crippen LogP contribution < -0.4 is 20.1 Å². The number of thioether (sulfide) groups is 1. The Balaban J connectivity index is 1.52. The maximum absolute atomic E-state index is 12.8. The molecule has 2 aromatic carbocycles. The second-order valence-electron chi connectivity index (χ2n) is 10.6. The van der Waals surface area contributed by atoms with Gasteiger partial charge in [0.2, 0.25) is 5.95 Å². The zero-order valence-electron chi connectivity index (χ0n) is 23.9. The second kappa shape index (κ2) is 13.8. The molecule has 3 atom stereocenters. The third-order valence-electron chi connectivity index (χ3n) is 7.30. The van der Waals surface area contributed by atoms with Gasteiger partial charge in [-0.15, -0.1) is 0 Å². The third kappa shape index (κ3) is 7.30. The van der Waals surface area contributed by atoms with E-state index >= 15 is 0 Å². The Morgan fingerprint density at radius 2 is 2.05 bits per heavy atom. The van der Waals surface area contributed by atoms with Crippen molar-refractivity contribution >= 4 is 50.1 Å². The first-order chi connectivity index (χ1) is 19.9. The summed E-state index contributed by atoms with van der Waals surface area (Å²) in [6, 6.07) is 14.2. The van der Waals surface area contributed by atoms with Crippen LogP contribution in [0.2, 0.25) is 0 Å². The third-order valence-corrected chi connectivity index (χ3v) is 9.56. The first-order valence-corrected chi connectivity index (χ1v) is 16.3. The molecule has 5 rings (SSSR count). The first-order valence-electron chi connectivity index (χ1n) is 14.3. The van der Waals surface area contributed by atoms with E-state index in [2.05, 4.69) is 40.8 Å². The van der Waals surface area contributed by atoms with Gasteiger partial charge in [0.15, 0.2) is 0 Å². The van der Waals surface area contributed by atoms with Crippen molar-refractivity contribution in [3.63, 3.8) is 0 Å². The maximum atomic E-state index is 12.8. The first kappa shape index (κ1) is 29.6. The highest BCUT2D eigenvalue weighted by atomic mass is 32.2. The minimum atomic E-state index is -1.22. The average molecular weight is 594 g/mol. The minimum absolute atomic E-state index is 0.00738. The van der Waals surface area contributed by atoms with Crippen LogP contribution in [0.5, 0.6) is 5.75 Å². The molecule has 10 heteroatoms. The topological polar surface area (TPSA) is 97.4 Å². The number of aromatic nitrogens is 2. The number of allylic oxidation sites excluding steroid dienone is 2. The van der Waals surface area contributed by atoms with Gasteiger partial charge in [0.25, 0.3) is 0 Å². The molecule has 2 saturated heterocycles. The lowest BCUT2D eigenvalue weighted by molar-refractivity contribution is 0.0437. The van der Waals surface area contributed by atoms with E-state index < -0.39 is 11.0 Å². The largest absolute Gasteiger partial charge is 0.460 e. The number of benzene rings is 2. The number of rotatable bonds is 12. The fourth-order valence-electron chi connectivity index (χ4n) is 4.77. The molecule has 3 N–H and O–H groups in total. The van der Waals surface area contributed by atoms with E-state index in [1.54, 1.807) is 18.0 Å². The molecule has 41 heavy (non-hydrogen) atoms. The number of hydrogen-bond donors (Lipinski definition) is 3. The number of ether oxygens (including phenoxy) is 2. The van der Waals surface area contributed by atoms with Crippen molar-refractivity contribution in [1.29, 1.82) is 0 Å². The highest BCUT2D eigenvalue weighted by Gasteiger charge is 2.26. The van der Waals surface area contributed by atoms with Crippen LogP contribution in [-0.2, 0) is 15.7 Å². The summed E-state index contributed by atoms with van der Waals surface area (Å²) in [5, 5.41) is 8.84. The Hall–Kier alpha value is -2.92. The monoisotopic (exact) mass is 593 g/mol. The van der Waals surface area contributed by atoms with Gasteiger partial charge in [-0.05, 0) is 55.8 Å². The fraction of sp³-hybridized carbons (Fsp3) is 0.419. The molecule has 1 aromatic heterocycles. The molecule has 0 saturated carbocycles. The Morgan fingerprint density at radius 1 is 1.24 bits per heavy atom. The number of anilines is 2. The molecule has 0 bridgehead atoms. The van der Waals surface area contributed by atoms with Crippen LogP contribution in [0.3, 0.4) is 0 Å². The average Bonchev–Trinajstić information content (AvgIpc) is 2.95. The molecule has 2 aliphatic heterocycles. The Bertz CT molecular complexity index is 1440. The molecular weight excluding hydrogens is 555 g/mol. The van der Waals surface area contributed by atoms with E-state index in [0.29, 0.717) is 25.2 Å². The Kier molecular flexibility index (Phi) is 9.97. The number of piperidine rings is 1. The summed E-state index contributed by atoms with van der Waals surface area (Å²) in [5.74, 6) is 2.31. The minimum Gasteiger partial charge on any atom is -0.460 e. The SMILES string of the molecule is C=C(C)S/C(=C(/Oc1ccc(NS(=O)C2COC2)c2ccccc12)C(C)CC)c1ccnc(NC2CCCNC2)n1. The van der Waals surface area contributed by atoms with Crippen molar-refractivity contribution in [2.24, 2.45) is 5.92 Å². The smallest absolute Gasteiger partial charge is 0.223 e. The quantitative estimate of drug-likeness (QED) is 0.210. The summed E-state index contributed by atoms with van der Waals surface area (Å²) in [4.78, 5) is 11.3. The number of fused-ring (bicyclic) bond motifs is 1. The van der Waals surface area contributed by atoms with E-state index in [-0.39, 0.29) is 11.2 Å². The fourth-order valence-corrected chi connectivity index (χ4v) is 6.68. The lowest BCUT2D eigenvalue weighted by atomic mass is 10.0. The van der Waals surface area contributed by atoms with Crippen molar-refractivity contribution in [2.75, 3.05) is 36.3 Å². The van der Waals surface area contributed by atoms with Crippen LogP contribution in [0.25, 0.3) is 15.7 Å². The number of nitrogens with zero attached hydrogens (tertiary/aromatic N) is 2. The van der Waals surface area contributed by atoms with E-state index in [4.69, 9.17) is 14.5 Å². The van der Waals surface area contributed by atoms with Crippen LogP contribution in [-0.4, -0.2) is 51.8 Å². The summed E-state index contributed by atoms with van der Waals surface area (Å²) in [5.41, 5.74) is 1.61. The van der Waals surface area contributed by atoms with E-state index in [1.807, 2.05) is 49.4 Å². The Labute approximate surface area is 249 Å². The van der Waals surface area contributed by atoms with Gasteiger partial charge < -0.3 is 24.8 Å². The van der Waals surface area contributed by atoms with Crippen LogP contribution in [0, 0.1) is 5.92 Å². The van der Waals surface area contributed by atoms with Gasteiger partial charge >= 0.3 is 0 Å². The van der Waals surface area contributed by atoms with Gasteiger partial charge in [0.05, 0.1) is 29.5 Å². The molecule has 0 amide bonds. The molecule has 2 aliphatic rings. The molecule has 218 valence electrons. The van der Waals surface area contributed by atoms with Crippen LogP contribution >= 0.6 is 11.8 Å². The molecule has 3 unspecified atom stereocenters. The molecule has 8 nitrogen and oxygen atoms in total. The van der Waals surface area contributed by atoms with Crippen molar-refractivity contribution in [3.8, 4) is 5.75 Å². The normalized spacial score (nSPS) is 19.5. The van der Waals surface area contributed by atoms with Crippen LogP contribution in [0.1, 0.15) is 45.7 Å². The summed E-state index contributed by atoms with van der Waals surface area (Å²) in [6.07, 6.45) is 4.91. The Morgan fingerprint density at radius 3 is 2.73 bits per heavy atom. The predicted octanol–water partition coefficient (Wildman–Crippen LogP) is 6.33. The maximum Gasteiger partial charge on any atom is 0.223 e. The van der Waals surface area contributed by atoms with E-state index in [9.17, 15) is 4.21 Å². The van der Waals surface area contributed by atoms with E-state index in [0.717, 1.165) is 75.8 Å². The molecule has 0 radical (unpaired) electrons. The zero-order valence-corrected chi connectivity index (χ0v) is 25.6. The molecule has 3 aromatic rings. The summed E-state index contributed by atoms with van der Waals surface area (Å²) in [6.45, 7) is 13.5. The highest BCUT2D eigenvalue weighted by Crippen LogP contribution is 2.41. The summed E-state index contributed by atoms with van der Waals surface area (Å²) in [7, 11) is -1.22. The van der Waals surface area contributed by atoms with Crippen LogP contribution in [0.4, 0.5) is 11.6 Å². The van der Waals surface area contributed by atoms with Gasteiger partial charge in [-0.2, -0.15) is 0 Å². The molecule has 3 heterocycles. The summed E-state index contributed by atoms with van der Waals surface area (Å²) < 4.78 is 28.0. The van der Waals surface area contributed by atoms with Crippen molar-refractivity contribution in [1.82, 2.24) is 15.3 Å². The second-order valence-corrected chi connectivity index (χ2v) is 13.4. The number of nitrogens with one attached hydrogen (secondary N) is 3. The predicted molar refractivity (Wildman–Crippen MR) is 171 cm³/mol. The summed E-state index contributed by atoms with van der Waals surface area (Å²) >= 11 is 1.57. The van der Waals surface area contributed by atoms with Crippen molar-refractivity contribution < 1.29 is 13.7 Å². The van der Waals surface area contributed by atoms with E-state index in [1.165, 1.54) is 0 Å². The lowest BCUT2D eigenvalue weighted by Gasteiger charge is -2.26. The number of hydrogen-bond acceptors (Lipinski definition) is 8. The van der Waals surface area contributed by atoms with Gasteiger partial charge in [0.1, 0.15) is 27.7 Å². The van der Waals surface area contributed by atoms with Crippen LogP contribution in [0.15, 0.2) is 65.9 Å². The molecule has 0 aliphatic carbocycles. The molecule has 2 fully saturated rings.